The highest BCUT2D eigenvalue weighted by atomic mass is 79.9. The third-order valence-electron chi connectivity index (χ3n) is 4.39. The molecule has 0 fully saturated rings. The van der Waals surface area contributed by atoms with Crippen LogP contribution in [0.15, 0.2) is 77.3 Å². The molecule has 4 nitrogen and oxygen atoms in total. The molecule has 0 saturated carbocycles. The molecule has 1 heterocycles. The summed E-state index contributed by atoms with van der Waals surface area (Å²) in [7, 11) is 0. The van der Waals surface area contributed by atoms with Crippen molar-refractivity contribution in [1.29, 1.82) is 0 Å². The summed E-state index contributed by atoms with van der Waals surface area (Å²) in [5.41, 5.74) is 2.37. The third-order valence-corrected chi connectivity index (χ3v) is 5.33. The van der Waals surface area contributed by atoms with E-state index >= 15 is 0 Å². The van der Waals surface area contributed by atoms with Crippen LogP contribution in [0.5, 0.6) is 5.75 Å². The predicted molar refractivity (Wildman–Crippen MR) is 114 cm³/mol. The van der Waals surface area contributed by atoms with Crippen LogP contribution in [-0.2, 0) is 13.2 Å². The van der Waals surface area contributed by atoms with Crippen LogP contribution in [0.4, 0.5) is 0 Å². The van der Waals surface area contributed by atoms with Gasteiger partial charge < -0.3 is 9.30 Å². The minimum atomic E-state index is 0.00312. The number of benzene rings is 3. The molecule has 0 atom stereocenters. The number of hydrogen-bond donors (Lipinski definition) is 0. The molecule has 28 heavy (non-hydrogen) atoms. The van der Waals surface area contributed by atoms with Crippen molar-refractivity contribution in [1.82, 2.24) is 9.55 Å². The molecule has 0 aliphatic carbocycles. The largest absolute Gasteiger partial charge is 0.486 e. The maximum absolute atomic E-state index is 12.9. The smallest absolute Gasteiger partial charge is 0.183 e. The summed E-state index contributed by atoms with van der Waals surface area (Å²) >= 11 is 9.38. The summed E-state index contributed by atoms with van der Waals surface area (Å²) in [4.78, 5) is 17.6. The minimum absolute atomic E-state index is 0.00312. The molecule has 0 saturated heterocycles. The second-order valence-electron chi connectivity index (χ2n) is 6.25. The summed E-state index contributed by atoms with van der Waals surface area (Å²) < 4.78 is 8.56. The lowest BCUT2D eigenvalue weighted by molar-refractivity contribution is 0.0970. The molecular weight excluding hydrogens is 440 g/mol. The van der Waals surface area contributed by atoms with Crippen LogP contribution >= 0.6 is 27.5 Å². The third kappa shape index (κ3) is 3.96. The fraction of sp³-hybridized carbons (Fsp3) is 0.0909. The quantitative estimate of drug-likeness (QED) is 0.339. The Morgan fingerprint density at radius 2 is 1.71 bits per heavy atom. The van der Waals surface area contributed by atoms with E-state index in [1.54, 1.807) is 12.1 Å². The minimum Gasteiger partial charge on any atom is -0.486 e. The highest BCUT2D eigenvalue weighted by Gasteiger charge is 2.16. The lowest BCUT2D eigenvalue weighted by atomic mass is 10.1. The fourth-order valence-corrected chi connectivity index (χ4v) is 3.64. The van der Waals surface area contributed by atoms with Gasteiger partial charge in [0.25, 0.3) is 0 Å². The Balaban J connectivity index is 1.64. The summed E-state index contributed by atoms with van der Waals surface area (Å²) in [5, 5.41) is 0.652. The molecule has 0 spiro atoms. The van der Waals surface area contributed by atoms with Crippen LogP contribution < -0.4 is 4.74 Å². The van der Waals surface area contributed by atoms with Gasteiger partial charge >= 0.3 is 0 Å². The van der Waals surface area contributed by atoms with E-state index in [0.717, 1.165) is 15.5 Å². The number of rotatable bonds is 6. The van der Waals surface area contributed by atoms with Crippen molar-refractivity contribution in [2.24, 2.45) is 0 Å². The first-order chi connectivity index (χ1) is 13.6. The van der Waals surface area contributed by atoms with E-state index in [4.69, 9.17) is 16.3 Å². The van der Waals surface area contributed by atoms with Gasteiger partial charge in [-0.1, -0.05) is 57.9 Å². The van der Waals surface area contributed by atoms with Gasteiger partial charge in [-0.05, 0) is 42.5 Å². The molecule has 0 aliphatic rings. The standard InChI is InChI=1S/C22H16BrClN2O2/c23-18-6-2-1-5-17(18)21(27)13-26-20-8-4-3-7-19(20)25-22(26)14-28-16-11-9-15(24)10-12-16/h1-12H,13-14H2. The Kier molecular flexibility index (Phi) is 5.46. The van der Waals surface area contributed by atoms with Gasteiger partial charge in [0, 0.05) is 15.1 Å². The van der Waals surface area contributed by atoms with Crippen LogP contribution in [0.3, 0.4) is 0 Å². The van der Waals surface area contributed by atoms with Gasteiger partial charge in [0.2, 0.25) is 0 Å². The van der Waals surface area contributed by atoms with Gasteiger partial charge in [-0.25, -0.2) is 4.98 Å². The highest BCUT2D eigenvalue weighted by Crippen LogP contribution is 2.22. The lowest BCUT2D eigenvalue weighted by Gasteiger charge is -2.11. The van der Waals surface area contributed by atoms with Crippen LogP contribution in [0, 0.1) is 0 Å². The van der Waals surface area contributed by atoms with Crippen molar-refractivity contribution >= 4 is 44.3 Å². The number of carbonyl (C=O) groups excluding carboxylic acids is 1. The summed E-state index contributed by atoms with van der Waals surface area (Å²) in [6.45, 7) is 0.433. The van der Waals surface area contributed by atoms with Crippen molar-refractivity contribution in [3.8, 4) is 5.75 Å². The van der Waals surface area contributed by atoms with Crippen LogP contribution in [0.2, 0.25) is 5.02 Å². The van der Waals surface area contributed by atoms with E-state index in [1.807, 2.05) is 65.2 Å². The molecule has 0 aliphatic heterocycles. The average Bonchev–Trinajstić information content (AvgIpc) is 3.05. The monoisotopic (exact) mass is 454 g/mol. The zero-order valence-electron chi connectivity index (χ0n) is 14.8. The number of carbonyl (C=O) groups is 1. The fourth-order valence-electron chi connectivity index (χ4n) is 3.01. The molecule has 0 N–H and O–H groups in total. The topological polar surface area (TPSA) is 44.1 Å². The van der Waals surface area contributed by atoms with Gasteiger partial charge in [-0.15, -0.1) is 0 Å². The first kappa shape index (κ1) is 18.7. The summed E-state index contributed by atoms with van der Waals surface area (Å²) in [6, 6.07) is 22.3. The van der Waals surface area contributed by atoms with Crippen molar-refractivity contribution in [3.05, 3.63) is 93.7 Å². The molecule has 4 aromatic rings. The normalized spacial score (nSPS) is 10.9. The Hall–Kier alpha value is -2.63. The molecule has 0 bridgehead atoms. The second-order valence-corrected chi connectivity index (χ2v) is 7.54. The van der Waals surface area contributed by atoms with Gasteiger partial charge in [0.1, 0.15) is 18.2 Å². The van der Waals surface area contributed by atoms with Gasteiger partial charge in [0.15, 0.2) is 5.78 Å². The number of halogens is 2. The van der Waals surface area contributed by atoms with Crippen LogP contribution in [0.1, 0.15) is 16.2 Å². The van der Waals surface area contributed by atoms with Crippen LogP contribution in [-0.4, -0.2) is 15.3 Å². The number of hydrogen-bond acceptors (Lipinski definition) is 3. The lowest BCUT2D eigenvalue weighted by Crippen LogP contribution is -2.15. The number of ketones is 1. The molecule has 6 heteroatoms. The van der Waals surface area contributed by atoms with Gasteiger partial charge in [-0.2, -0.15) is 0 Å². The zero-order chi connectivity index (χ0) is 19.5. The van der Waals surface area contributed by atoms with Crippen molar-refractivity contribution in [2.45, 2.75) is 13.2 Å². The number of fused-ring (bicyclic) bond motifs is 1. The summed E-state index contributed by atoms with van der Waals surface area (Å²) in [5.74, 6) is 1.39. The molecule has 0 unspecified atom stereocenters. The Morgan fingerprint density at radius 1 is 1.00 bits per heavy atom. The first-order valence-corrected chi connectivity index (χ1v) is 9.89. The molecule has 0 amide bonds. The van der Waals surface area contributed by atoms with E-state index in [2.05, 4.69) is 20.9 Å². The number of nitrogens with zero attached hydrogens (tertiary/aromatic N) is 2. The van der Waals surface area contributed by atoms with Crippen molar-refractivity contribution in [3.63, 3.8) is 0 Å². The summed E-state index contributed by atoms with van der Waals surface area (Å²) in [6.07, 6.45) is 0. The number of aromatic nitrogens is 2. The number of para-hydroxylation sites is 2. The van der Waals surface area contributed by atoms with E-state index < -0.39 is 0 Å². The SMILES string of the molecule is O=C(Cn1c(COc2ccc(Cl)cc2)nc2ccccc21)c1ccccc1Br. The molecule has 1 aromatic heterocycles. The zero-order valence-corrected chi connectivity index (χ0v) is 17.2. The number of imidazole rings is 1. The van der Waals surface area contributed by atoms with Crippen molar-refractivity contribution in [2.75, 3.05) is 0 Å². The maximum atomic E-state index is 12.9. The van der Waals surface area contributed by atoms with Crippen molar-refractivity contribution < 1.29 is 9.53 Å². The number of Topliss-reactive ketones (excluding diaryl/α,β-unsaturated/α-hetero) is 1. The Morgan fingerprint density at radius 3 is 2.50 bits per heavy atom. The van der Waals surface area contributed by atoms with Gasteiger partial charge in [-0.3, -0.25) is 4.79 Å². The molecule has 4 rings (SSSR count). The molecule has 140 valence electrons. The van der Waals surface area contributed by atoms with E-state index in [9.17, 15) is 4.79 Å². The molecule has 0 radical (unpaired) electrons. The van der Waals surface area contributed by atoms with Crippen LogP contribution in [0.25, 0.3) is 11.0 Å². The van der Waals surface area contributed by atoms with Gasteiger partial charge in [0.05, 0.1) is 17.6 Å². The number of ether oxygens (including phenoxy) is 1. The predicted octanol–water partition coefficient (Wildman–Crippen LogP) is 5.91. The maximum Gasteiger partial charge on any atom is 0.183 e. The Labute approximate surface area is 175 Å². The first-order valence-electron chi connectivity index (χ1n) is 8.72. The molecule has 3 aromatic carbocycles. The van der Waals surface area contributed by atoms with E-state index in [1.165, 1.54) is 0 Å². The average molecular weight is 456 g/mol. The Bertz CT molecular complexity index is 1140. The second kappa shape index (κ2) is 8.17. The van der Waals surface area contributed by atoms with E-state index in [-0.39, 0.29) is 18.9 Å². The highest BCUT2D eigenvalue weighted by molar-refractivity contribution is 9.10. The molecular formula is C22H16BrClN2O2. The van der Waals surface area contributed by atoms with E-state index in [0.29, 0.717) is 22.2 Å².